The number of aliphatic hydroxyl groups excluding tert-OH is 2. The number of hydrogen-bond donors (Lipinski definition) is 2. The summed E-state index contributed by atoms with van der Waals surface area (Å²) in [5, 5.41) is 29.7. The van der Waals surface area contributed by atoms with Crippen molar-refractivity contribution in [2.24, 2.45) is 12.5 Å². The number of aliphatic hydroxyl groups is 2. The summed E-state index contributed by atoms with van der Waals surface area (Å²) in [6, 6.07) is 3.92. The van der Waals surface area contributed by atoms with Gasteiger partial charge in [-0.1, -0.05) is 13.3 Å². The lowest BCUT2D eigenvalue weighted by atomic mass is 9.74. The largest absolute Gasteiger partial charge is 0.453 e. The first-order valence-electron chi connectivity index (χ1n) is 8.68. The molecule has 2 aromatic rings. The maximum Gasteiger partial charge on any atom is 0.198 e. The molecule has 8 heteroatoms. The molecule has 0 amide bonds. The topological polar surface area (TPSA) is 87.5 Å². The lowest BCUT2D eigenvalue weighted by Gasteiger charge is -2.45. The zero-order valence-corrected chi connectivity index (χ0v) is 15.6. The van der Waals surface area contributed by atoms with E-state index in [9.17, 15) is 10.2 Å². The number of rotatable bonds is 7. The second-order valence-corrected chi connectivity index (χ2v) is 7.80. The van der Waals surface area contributed by atoms with Crippen LogP contribution in [0.25, 0.3) is 0 Å². The molecule has 2 N–H and O–H groups in total. The molecule has 1 aliphatic heterocycles. The van der Waals surface area contributed by atoms with Gasteiger partial charge in [0.05, 0.1) is 19.3 Å². The number of furan rings is 1. The Balaban J connectivity index is 1.63. The summed E-state index contributed by atoms with van der Waals surface area (Å²) >= 11 is 1.44. The Bertz CT molecular complexity index is 689. The van der Waals surface area contributed by atoms with Crippen LogP contribution in [0.4, 0.5) is 0 Å². The monoisotopic (exact) mass is 366 g/mol. The van der Waals surface area contributed by atoms with Crippen LogP contribution in [0.1, 0.15) is 31.9 Å². The molecule has 1 aliphatic rings. The van der Waals surface area contributed by atoms with Gasteiger partial charge >= 0.3 is 0 Å². The van der Waals surface area contributed by atoms with E-state index in [0.29, 0.717) is 19.5 Å². The predicted octanol–water partition coefficient (Wildman–Crippen LogP) is 1.90. The van der Waals surface area contributed by atoms with Crippen LogP contribution in [0.2, 0.25) is 0 Å². The lowest BCUT2D eigenvalue weighted by Crippen LogP contribution is -2.53. The van der Waals surface area contributed by atoms with Crippen molar-refractivity contribution in [1.82, 2.24) is 19.7 Å². The molecule has 1 fully saturated rings. The molecular formula is C17H26N4O3S. The third-order valence-corrected chi connectivity index (χ3v) is 5.88. The van der Waals surface area contributed by atoms with Crippen LogP contribution in [0.15, 0.2) is 33.1 Å². The zero-order chi connectivity index (χ0) is 17.9. The quantitative estimate of drug-likeness (QED) is 0.774. The van der Waals surface area contributed by atoms with Crippen molar-refractivity contribution >= 4 is 11.8 Å². The van der Waals surface area contributed by atoms with E-state index in [2.05, 4.69) is 22.0 Å². The maximum atomic E-state index is 10.4. The fraction of sp³-hybridized carbons (Fsp3) is 0.647. The first-order valence-corrected chi connectivity index (χ1v) is 9.50. The molecule has 0 radical (unpaired) electrons. The molecule has 2 aromatic heterocycles. The van der Waals surface area contributed by atoms with Crippen LogP contribution in [0.3, 0.4) is 0 Å². The summed E-state index contributed by atoms with van der Waals surface area (Å²) in [5.74, 6) is 0.879. The summed E-state index contributed by atoms with van der Waals surface area (Å²) in [4.78, 5) is 2.26. The van der Waals surface area contributed by atoms with Crippen molar-refractivity contribution in [1.29, 1.82) is 0 Å². The highest BCUT2D eigenvalue weighted by molar-refractivity contribution is 7.99. The Morgan fingerprint density at radius 2 is 2.28 bits per heavy atom. The van der Waals surface area contributed by atoms with Crippen molar-refractivity contribution in [3.8, 4) is 0 Å². The van der Waals surface area contributed by atoms with Gasteiger partial charge in [0.2, 0.25) is 0 Å². The fourth-order valence-corrected chi connectivity index (χ4v) is 4.27. The van der Waals surface area contributed by atoms with Crippen LogP contribution in [-0.2, 0) is 13.6 Å². The molecular weight excluding hydrogens is 340 g/mol. The molecule has 0 aliphatic carbocycles. The summed E-state index contributed by atoms with van der Waals surface area (Å²) < 4.78 is 7.76. The number of aryl methyl sites for hydroxylation is 1. The van der Waals surface area contributed by atoms with E-state index < -0.39 is 11.5 Å². The lowest BCUT2D eigenvalue weighted by molar-refractivity contribution is -0.0831. The van der Waals surface area contributed by atoms with Crippen molar-refractivity contribution in [2.45, 2.75) is 49.1 Å². The van der Waals surface area contributed by atoms with Crippen LogP contribution < -0.4 is 0 Å². The van der Waals surface area contributed by atoms with E-state index >= 15 is 0 Å². The number of nitrogens with zero attached hydrogens (tertiary/aromatic N) is 4. The number of piperidine rings is 1. The molecule has 3 rings (SSSR count). The molecule has 7 nitrogen and oxygen atoms in total. The zero-order valence-electron chi connectivity index (χ0n) is 14.8. The molecule has 25 heavy (non-hydrogen) atoms. The van der Waals surface area contributed by atoms with Crippen molar-refractivity contribution < 1.29 is 14.6 Å². The molecule has 3 heterocycles. The molecule has 0 spiro atoms. The van der Waals surface area contributed by atoms with Crippen molar-refractivity contribution in [3.05, 3.63) is 24.2 Å². The summed E-state index contributed by atoms with van der Waals surface area (Å²) in [7, 11) is 1.90. The minimum absolute atomic E-state index is 0.0178. The Morgan fingerprint density at radius 1 is 1.44 bits per heavy atom. The highest BCUT2D eigenvalue weighted by Crippen LogP contribution is 2.35. The van der Waals surface area contributed by atoms with Gasteiger partial charge in [-0.2, -0.15) is 0 Å². The van der Waals surface area contributed by atoms with E-state index in [4.69, 9.17) is 4.42 Å². The van der Waals surface area contributed by atoms with E-state index in [-0.39, 0.29) is 6.61 Å². The van der Waals surface area contributed by atoms with Gasteiger partial charge in [-0.25, -0.2) is 0 Å². The summed E-state index contributed by atoms with van der Waals surface area (Å²) in [6.45, 7) is 4.27. The molecule has 1 saturated heterocycles. The average molecular weight is 366 g/mol. The predicted molar refractivity (Wildman–Crippen MR) is 94.2 cm³/mol. The number of hydrogen-bond acceptors (Lipinski definition) is 7. The molecule has 138 valence electrons. The van der Waals surface area contributed by atoms with Crippen molar-refractivity contribution in [3.63, 3.8) is 0 Å². The van der Waals surface area contributed by atoms with E-state index in [1.54, 1.807) is 6.33 Å². The second-order valence-electron chi connectivity index (χ2n) is 6.83. The van der Waals surface area contributed by atoms with Crippen LogP contribution >= 0.6 is 11.8 Å². The first-order chi connectivity index (χ1) is 12.1. The normalized spacial score (nSPS) is 24.7. The second kappa shape index (κ2) is 7.90. The van der Waals surface area contributed by atoms with E-state index in [1.165, 1.54) is 11.8 Å². The standard InChI is InChI=1S/C17H26N4O3S/c1-3-7-17(11-22)10-21(8-6-14(17)23)9-13-4-5-15(24-13)25-16-19-18-12-20(16)2/h4-5,12,14,22-23H,3,6-11H2,1-2H3/t14-,17+/m1/s1. The first kappa shape index (κ1) is 18.4. The van der Waals surface area contributed by atoms with Gasteiger partial charge in [0, 0.05) is 25.6 Å². The van der Waals surface area contributed by atoms with Crippen LogP contribution in [0, 0.1) is 5.41 Å². The molecule has 2 atom stereocenters. The van der Waals surface area contributed by atoms with Crippen molar-refractivity contribution in [2.75, 3.05) is 19.7 Å². The SMILES string of the molecule is CCC[C@@]1(CO)CN(Cc2ccc(Sc3nncn3C)o2)CC[C@H]1O. The van der Waals surface area contributed by atoms with Crippen LogP contribution in [0.5, 0.6) is 0 Å². The summed E-state index contributed by atoms with van der Waals surface area (Å²) in [6.07, 6.45) is 3.68. The average Bonchev–Trinajstić information content (AvgIpc) is 3.21. The number of likely N-dealkylation sites (tertiary alicyclic amines) is 1. The molecule has 0 saturated carbocycles. The van der Waals surface area contributed by atoms with Gasteiger partial charge in [-0.15, -0.1) is 10.2 Å². The van der Waals surface area contributed by atoms with Gasteiger partial charge in [0.1, 0.15) is 12.1 Å². The minimum atomic E-state index is -0.438. The molecule has 0 unspecified atom stereocenters. The van der Waals surface area contributed by atoms with Gasteiger partial charge in [-0.3, -0.25) is 4.90 Å². The van der Waals surface area contributed by atoms with Gasteiger partial charge < -0.3 is 19.2 Å². The fourth-order valence-electron chi connectivity index (χ4n) is 3.53. The third-order valence-electron chi connectivity index (χ3n) is 4.91. The van der Waals surface area contributed by atoms with Gasteiger partial charge in [0.15, 0.2) is 10.2 Å². The number of aromatic nitrogens is 3. The smallest absolute Gasteiger partial charge is 0.198 e. The van der Waals surface area contributed by atoms with E-state index in [0.717, 1.165) is 35.4 Å². The Kier molecular flexibility index (Phi) is 5.83. The molecule has 0 aromatic carbocycles. The maximum absolute atomic E-state index is 10.4. The van der Waals surface area contributed by atoms with Crippen LogP contribution in [-0.4, -0.2) is 55.7 Å². The minimum Gasteiger partial charge on any atom is -0.453 e. The Hall–Kier alpha value is -1.35. The van der Waals surface area contributed by atoms with Gasteiger partial charge in [-0.05, 0) is 36.7 Å². The Morgan fingerprint density at radius 3 is 2.96 bits per heavy atom. The highest BCUT2D eigenvalue weighted by Gasteiger charge is 2.41. The third kappa shape index (κ3) is 4.08. The summed E-state index contributed by atoms with van der Waals surface area (Å²) in [5.41, 5.74) is -0.421. The molecule has 0 bridgehead atoms. The Labute approximate surface area is 152 Å². The highest BCUT2D eigenvalue weighted by atomic mass is 32.2. The van der Waals surface area contributed by atoms with Gasteiger partial charge in [0.25, 0.3) is 0 Å². The van der Waals surface area contributed by atoms with E-state index in [1.807, 2.05) is 23.7 Å².